The molecule has 0 spiro atoms. The van der Waals surface area contributed by atoms with E-state index in [2.05, 4.69) is 4.98 Å². The zero-order valence-electron chi connectivity index (χ0n) is 11.5. The Labute approximate surface area is 133 Å². The van der Waals surface area contributed by atoms with E-state index in [9.17, 15) is 0 Å². The molecule has 0 saturated heterocycles. The normalized spacial score (nSPS) is 10.8. The van der Waals surface area contributed by atoms with Crippen LogP contribution in [-0.2, 0) is 5.88 Å². The van der Waals surface area contributed by atoms with Gasteiger partial charge in [0.25, 0.3) is 0 Å². The third-order valence-electron chi connectivity index (χ3n) is 3.18. The van der Waals surface area contributed by atoms with Crippen molar-refractivity contribution in [1.82, 2.24) is 4.98 Å². The molecule has 3 rings (SSSR count). The number of alkyl halides is 1. The number of fused-ring (bicyclic) bond motifs is 1. The number of thioether (sulfide) groups is 1. The van der Waals surface area contributed by atoms with Crippen LogP contribution in [-0.4, -0.2) is 11.2 Å². The number of para-hydroxylation sites is 1. The highest BCUT2D eigenvalue weighted by atomic mass is 35.5. The summed E-state index contributed by atoms with van der Waals surface area (Å²) in [6.07, 6.45) is 2.05. The average Bonchev–Trinajstić information content (AvgIpc) is 2.55. The molecule has 0 atom stereocenters. The molecule has 0 aliphatic rings. The van der Waals surface area contributed by atoms with Crippen LogP contribution in [0, 0.1) is 0 Å². The fourth-order valence-electron chi connectivity index (χ4n) is 2.08. The summed E-state index contributed by atoms with van der Waals surface area (Å²) in [7, 11) is 0. The Morgan fingerprint density at radius 1 is 1.10 bits per heavy atom. The molecule has 106 valence electrons. The highest BCUT2D eigenvalue weighted by Gasteiger charge is 2.08. The first-order valence-electron chi connectivity index (χ1n) is 6.56. The van der Waals surface area contributed by atoms with Gasteiger partial charge in [0.2, 0.25) is 5.88 Å². The van der Waals surface area contributed by atoms with Gasteiger partial charge in [-0.2, -0.15) is 0 Å². The molecule has 1 aromatic heterocycles. The lowest BCUT2D eigenvalue weighted by Crippen LogP contribution is -1.94. The van der Waals surface area contributed by atoms with Crippen molar-refractivity contribution in [3.63, 3.8) is 0 Å². The zero-order valence-corrected chi connectivity index (χ0v) is 13.1. The molecular formula is C17H14ClNOS. The summed E-state index contributed by atoms with van der Waals surface area (Å²) in [5.41, 5.74) is 1.80. The Morgan fingerprint density at radius 3 is 2.57 bits per heavy atom. The zero-order chi connectivity index (χ0) is 14.7. The molecule has 21 heavy (non-hydrogen) atoms. The van der Waals surface area contributed by atoms with Gasteiger partial charge >= 0.3 is 0 Å². The maximum atomic E-state index is 6.02. The Morgan fingerprint density at radius 2 is 1.86 bits per heavy atom. The van der Waals surface area contributed by atoms with E-state index < -0.39 is 0 Å². The van der Waals surface area contributed by atoms with Crippen LogP contribution >= 0.6 is 23.4 Å². The van der Waals surface area contributed by atoms with Crippen molar-refractivity contribution in [2.75, 3.05) is 6.26 Å². The predicted molar refractivity (Wildman–Crippen MR) is 89.6 cm³/mol. The fraction of sp³-hybridized carbons (Fsp3) is 0.118. The molecular weight excluding hydrogens is 302 g/mol. The number of hydrogen-bond donors (Lipinski definition) is 0. The lowest BCUT2D eigenvalue weighted by molar-refractivity contribution is 0.460. The first kappa shape index (κ1) is 14.2. The van der Waals surface area contributed by atoms with Crippen molar-refractivity contribution < 1.29 is 4.74 Å². The number of nitrogens with zero attached hydrogens (tertiary/aromatic N) is 1. The molecule has 0 amide bonds. The van der Waals surface area contributed by atoms with Crippen molar-refractivity contribution in [3.05, 3.63) is 60.2 Å². The molecule has 0 bridgehead atoms. The number of hydrogen-bond acceptors (Lipinski definition) is 3. The van der Waals surface area contributed by atoms with Crippen LogP contribution in [0.2, 0.25) is 0 Å². The van der Waals surface area contributed by atoms with Crippen LogP contribution in [0.25, 0.3) is 10.9 Å². The van der Waals surface area contributed by atoms with Crippen LogP contribution in [0.5, 0.6) is 11.6 Å². The SMILES string of the molecule is CSc1ccc(Oc2nc3ccccc3cc2CCl)cc1. The number of ether oxygens (including phenoxy) is 1. The summed E-state index contributed by atoms with van der Waals surface area (Å²) in [5, 5.41) is 1.07. The maximum absolute atomic E-state index is 6.02. The summed E-state index contributed by atoms with van der Waals surface area (Å²) in [4.78, 5) is 5.77. The molecule has 2 aromatic carbocycles. The largest absolute Gasteiger partial charge is 0.439 e. The minimum absolute atomic E-state index is 0.371. The summed E-state index contributed by atoms with van der Waals surface area (Å²) >= 11 is 7.72. The van der Waals surface area contributed by atoms with Crippen molar-refractivity contribution >= 4 is 34.3 Å². The highest BCUT2D eigenvalue weighted by molar-refractivity contribution is 7.98. The Bertz CT molecular complexity index is 758. The lowest BCUT2D eigenvalue weighted by Gasteiger charge is -2.10. The summed E-state index contributed by atoms with van der Waals surface area (Å²) in [6.45, 7) is 0. The van der Waals surface area contributed by atoms with Crippen LogP contribution in [0.4, 0.5) is 0 Å². The first-order chi connectivity index (χ1) is 10.3. The second-order valence-electron chi connectivity index (χ2n) is 4.56. The molecule has 0 unspecified atom stereocenters. The minimum Gasteiger partial charge on any atom is -0.439 e. The van der Waals surface area contributed by atoms with Gasteiger partial charge in [-0.05, 0) is 42.7 Å². The Hall–Kier alpha value is -1.71. The molecule has 2 nitrogen and oxygen atoms in total. The van der Waals surface area contributed by atoms with Crippen LogP contribution in [0.15, 0.2) is 59.5 Å². The topological polar surface area (TPSA) is 22.1 Å². The standard InChI is InChI=1S/C17H14ClNOS/c1-21-15-8-6-14(7-9-15)20-17-13(11-18)10-12-4-2-3-5-16(12)19-17/h2-10H,11H2,1H3. The van der Waals surface area contributed by atoms with Gasteiger partial charge in [-0.25, -0.2) is 4.98 Å². The molecule has 0 fully saturated rings. The monoisotopic (exact) mass is 315 g/mol. The Kier molecular flexibility index (Phi) is 4.32. The van der Waals surface area contributed by atoms with Gasteiger partial charge in [0, 0.05) is 15.8 Å². The van der Waals surface area contributed by atoms with Gasteiger partial charge in [-0.3, -0.25) is 0 Å². The van der Waals surface area contributed by atoms with E-state index >= 15 is 0 Å². The van der Waals surface area contributed by atoms with E-state index in [0.29, 0.717) is 11.8 Å². The van der Waals surface area contributed by atoms with E-state index in [1.807, 2.05) is 60.9 Å². The molecule has 3 aromatic rings. The lowest BCUT2D eigenvalue weighted by atomic mass is 10.2. The highest BCUT2D eigenvalue weighted by Crippen LogP contribution is 2.29. The van der Waals surface area contributed by atoms with Crippen molar-refractivity contribution in [3.8, 4) is 11.6 Å². The number of benzene rings is 2. The number of rotatable bonds is 4. The Balaban J connectivity index is 1.97. The van der Waals surface area contributed by atoms with E-state index in [1.165, 1.54) is 4.90 Å². The van der Waals surface area contributed by atoms with E-state index in [-0.39, 0.29) is 0 Å². The van der Waals surface area contributed by atoms with Crippen molar-refractivity contribution in [2.24, 2.45) is 0 Å². The van der Waals surface area contributed by atoms with Crippen LogP contribution in [0.3, 0.4) is 0 Å². The second-order valence-corrected chi connectivity index (χ2v) is 5.70. The molecule has 4 heteroatoms. The number of aromatic nitrogens is 1. The van der Waals surface area contributed by atoms with Gasteiger partial charge in [0.05, 0.1) is 11.4 Å². The van der Waals surface area contributed by atoms with E-state index in [4.69, 9.17) is 16.3 Å². The smallest absolute Gasteiger partial charge is 0.224 e. The van der Waals surface area contributed by atoms with E-state index in [0.717, 1.165) is 22.2 Å². The summed E-state index contributed by atoms with van der Waals surface area (Å²) < 4.78 is 5.90. The minimum atomic E-state index is 0.371. The number of pyridine rings is 1. The summed E-state index contributed by atoms with van der Waals surface area (Å²) in [5.74, 6) is 1.71. The van der Waals surface area contributed by atoms with E-state index in [1.54, 1.807) is 11.8 Å². The van der Waals surface area contributed by atoms with Crippen molar-refractivity contribution in [1.29, 1.82) is 0 Å². The van der Waals surface area contributed by atoms with Gasteiger partial charge in [0.1, 0.15) is 5.75 Å². The third-order valence-corrected chi connectivity index (χ3v) is 4.21. The van der Waals surface area contributed by atoms with Gasteiger partial charge in [-0.1, -0.05) is 18.2 Å². The van der Waals surface area contributed by atoms with Gasteiger partial charge < -0.3 is 4.74 Å². The molecule has 0 N–H and O–H groups in total. The maximum Gasteiger partial charge on any atom is 0.224 e. The molecule has 0 saturated carbocycles. The predicted octanol–water partition coefficient (Wildman–Crippen LogP) is 5.49. The van der Waals surface area contributed by atoms with Gasteiger partial charge in [0.15, 0.2) is 0 Å². The average molecular weight is 316 g/mol. The fourth-order valence-corrected chi connectivity index (χ4v) is 2.68. The number of halogens is 1. The van der Waals surface area contributed by atoms with Crippen LogP contribution in [0.1, 0.15) is 5.56 Å². The molecule has 0 aliphatic carbocycles. The summed E-state index contributed by atoms with van der Waals surface area (Å²) in [6, 6.07) is 17.9. The van der Waals surface area contributed by atoms with Gasteiger partial charge in [-0.15, -0.1) is 23.4 Å². The third kappa shape index (κ3) is 3.14. The first-order valence-corrected chi connectivity index (χ1v) is 8.32. The van der Waals surface area contributed by atoms with Crippen LogP contribution < -0.4 is 4.74 Å². The second kappa shape index (κ2) is 6.37. The molecule has 0 aliphatic heterocycles. The molecule has 0 radical (unpaired) electrons. The molecule has 1 heterocycles. The van der Waals surface area contributed by atoms with Crippen molar-refractivity contribution in [2.45, 2.75) is 10.8 Å². The quantitative estimate of drug-likeness (QED) is 0.469.